The zero-order valence-electron chi connectivity index (χ0n) is 17.7. The Morgan fingerprint density at radius 3 is 2.50 bits per heavy atom. The third-order valence-corrected chi connectivity index (χ3v) is 6.69. The van der Waals surface area contributed by atoms with E-state index in [1.54, 1.807) is 0 Å². The molecule has 30 heavy (non-hydrogen) atoms. The maximum atomic E-state index is 13.2. The minimum absolute atomic E-state index is 0.000585. The van der Waals surface area contributed by atoms with Crippen LogP contribution in [0, 0.1) is 20.8 Å². The number of hydrogen-bond donors (Lipinski definition) is 1. The minimum atomic E-state index is -0.0876. The lowest BCUT2D eigenvalue weighted by Gasteiger charge is -2.18. The summed E-state index contributed by atoms with van der Waals surface area (Å²) in [4.78, 5) is 30.7. The lowest BCUT2D eigenvalue weighted by Crippen LogP contribution is -2.27. The number of nitrogens with one attached hydrogen (secondary N) is 1. The number of rotatable bonds is 5. The fraction of sp³-hybridized carbons (Fsp3) is 0.375. The van der Waals surface area contributed by atoms with Crippen LogP contribution in [0.1, 0.15) is 48.4 Å². The van der Waals surface area contributed by atoms with E-state index >= 15 is 0 Å². The number of aryl methyl sites for hydroxylation is 3. The average molecular weight is 422 g/mol. The summed E-state index contributed by atoms with van der Waals surface area (Å²) in [6, 6.07) is 11.8. The number of anilines is 1. The van der Waals surface area contributed by atoms with Gasteiger partial charge in [0.05, 0.1) is 16.7 Å². The maximum absolute atomic E-state index is 13.2. The number of nitrogens with zero attached hydrogens (tertiary/aromatic N) is 2. The Bertz CT molecular complexity index is 1140. The molecule has 4 rings (SSSR count). The first-order chi connectivity index (χ1) is 14.4. The highest BCUT2D eigenvalue weighted by Crippen LogP contribution is 2.32. The van der Waals surface area contributed by atoms with Gasteiger partial charge in [-0.3, -0.25) is 14.2 Å². The molecule has 0 radical (unpaired) electrons. The van der Waals surface area contributed by atoms with E-state index in [2.05, 4.69) is 24.4 Å². The number of thioether (sulfide) groups is 1. The summed E-state index contributed by atoms with van der Waals surface area (Å²) in [6.07, 6.45) is 4.23. The molecule has 0 unspecified atom stereocenters. The molecule has 0 saturated heterocycles. The number of carbonyl (C=O) groups excluding carboxylic acids is 1. The second-order valence-corrected chi connectivity index (χ2v) is 9.08. The van der Waals surface area contributed by atoms with Crippen molar-refractivity contribution < 1.29 is 4.79 Å². The molecule has 0 atom stereocenters. The predicted molar refractivity (Wildman–Crippen MR) is 124 cm³/mol. The molecule has 1 aliphatic carbocycles. The van der Waals surface area contributed by atoms with E-state index in [-0.39, 0.29) is 23.3 Å². The van der Waals surface area contributed by atoms with Crippen molar-refractivity contribution in [3.8, 4) is 0 Å². The van der Waals surface area contributed by atoms with E-state index in [1.807, 2.05) is 42.7 Å². The summed E-state index contributed by atoms with van der Waals surface area (Å²) in [6.45, 7) is 6.06. The van der Waals surface area contributed by atoms with E-state index in [9.17, 15) is 9.59 Å². The Morgan fingerprint density at radius 1 is 1.13 bits per heavy atom. The Morgan fingerprint density at radius 2 is 1.80 bits per heavy atom. The highest BCUT2D eigenvalue weighted by molar-refractivity contribution is 7.99. The summed E-state index contributed by atoms with van der Waals surface area (Å²) in [7, 11) is 0. The average Bonchev–Trinajstić information content (AvgIpc) is 3.23. The predicted octanol–water partition coefficient (Wildman–Crippen LogP) is 5.17. The third-order valence-electron chi connectivity index (χ3n) is 5.74. The molecule has 156 valence electrons. The van der Waals surface area contributed by atoms with Crippen LogP contribution < -0.4 is 10.9 Å². The molecule has 1 amide bonds. The molecule has 2 aromatic carbocycles. The van der Waals surface area contributed by atoms with Crippen LogP contribution in [0.4, 0.5) is 5.69 Å². The molecular formula is C24H27N3O2S. The van der Waals surface area contributed by atoms with E-state index in [0.29, 0.717) is 16.1 Å². The molecule has 1 fully saturated rings. The molecule has 6 heteroatoms. The van der Waals surface area contributed by atoms with Gasteiger partial charge in [-0.25, -0.2) is 4.98 Å². The van der Waals surface area contributed by atoms with Crippen molar-refractivity contribution in [3.63, 3.8) is 0 Å². The van der Waals surface area contributed by atoms with Gasteiger partial charge < -0.3 is 5.32 Å². The summed E-state index contributed by atoms with van der Waals surface area (Å²) >= 11 is 1.34. The van der Waals surface area contributed by atoms with Gasteiger partial charge in [-0.05, 0) is 56.9 Å². The summed E-state index contributed by atoms with van der Waals surface area (Å²) in [5.74, 6) is 0.125. The number of fused-ring (bicyclic) bond motifs is 1. The molecule has 5 nitrogen and oxygen atoms in total. The van der Waals surface area contributed by atoms with Gasteiger partial charge >= 0.3 is 0 Å². The van der Waals surface area contributed by atoms with Crippen molar-refractivity contribution >= 4 is 34.3 Å². The highest BCUT2D eigenvalue weighted by Gasteiger charge is 2.23. The normalized spacial score (nSPS) is 14.4. The highest BCUT2D eigenvalue weighted by atomic mass is 32.2. The van der Waals surface area contributed by atoms with Gasteiger partial charge in [0.15, 0.2) is 5.16 Å². The van der Waals surface area contributed by atoms with Gasteiger partial charge in [-0.15, -0.1) is 0 Å². The van der Waals surface area contributed by atoms with Gasteiger partial charge in [0.25, 0.3) is 5.56 Å². The number of hydrogen-bond acceptors (Lipinski definition) is 4. The van der Waals surface area contributed by atoms with Crippen LogP contribution in [-0.4, -0.2) is 21.2 Å². The van der Waals surface area contributed by atoms with Crippen molar-refractivity contribution in [2.45, 2.75) is 57.7 Å². The van der Waals surface area contributed by atoms with Crippen LogP contribution in [0.2, 0.25) is 0 Å². The molecule has 1 N–H and O–H groups in total. The number of aromatic nitrogens is 2. The molecule has 1 aliphatic rings. The number of amides is 1. The molecule has 3 aromatic rings. The molecule has 0 aliphatic heterocycles. The second kappa shape index (κ2) is 8.64. The Kier molecular flexibility index (Phi) is 5.95. The van der Waals surface area contributed by atoms with E-state index in [4.69, 9.17) is 4.98 Å². The van der Waals surface area contributed by atoms with Crippen molar-refractivity contribution in [2.75, 3.05) is 11.1 Å². The summed E-state index contributed by atoms with van der Waals surface area (Å²) in [5, 5.41) is 4.32. The van der Waals surface area contributed by atoms with Crippen molar-refractivity contribution in [3.05, 3.63) is 63.4 Å². The van der Waals surface area contributed by atoms with Crippen LogP contribution in [0.3, 0.4) is 0 Å². The maximum Gasteiger partial charge on any atom is 0.262 e. The van der Waals surface area contributed by atoms with Crippen molar-refractivity contribution in [1.29, 1.82) is 0 Å². The van der Waals surface area contributed by atoms with Crippen molar-refractivity contribution in [1.82, 2.24) is 9.55 Å². The standard InChI is InChI=1S/C24H27N3O2S/c1-15-12-16(2)22(17(3)13-15)26-21(28)14-30-24-25-20-11-7-6-10-19(20)23(29)27(24)18-8-4-5-9-18/h6-7,10-13,18H,4-5,8-9,14H2,1-3H3,(H,26,28). The molecule has 1 heterocycles. The first kappa shape index (κ1) is 20.7. The number of para-hydroxylation sites is 1. The Hall–Kier alpha value is -2.60. The van der Waals surface area contributed by atoms with Gasteiger partial charge in [-0.1, -0.05) is 54.4 Å². The van der Waals surface area contributed by atoms with E-state index in [1.165, 1.54) is 17.3 Å². The van der Waals surface area contributed by atoms with Crippen molar-refractivity contribution in [2.24, 2.45) is 0 Å². The van der Waals surface area contributed by atoms with Crippen LogP contribution in [0.5, 0.6) is 0 Å². The van der Waals surface area contributed by atoms with E-state index < -0.39 is 0 Å². The van der Waals surface area contributed by atoms with Crippen LogP contribution in [0.25, 0.3) is 10.9 Å². The molecular weight excluding hydrogens is 394 g/mol. The molecule has 0 spiro atoms. The van der Waals surface area contributed by atoms with Gasteiger partial charge in [0.1, 0.15) is 0 Å². The first-order valence-corrected chi connectivity index (χ1v) is 11.4. The quantitative estimate of drug-likeness (QED) is 0.456. The first-order valence-electron chi connectivity index (χ1n) is 10.5. The smallest absolute Gasteiger partial charge is 0.262 e. The van der Waals surface area contributed by atoms with Crippen LogP contribution >= 0.6 is 11.8 Å². The topological polar surface area (TPSA) is 64.0 Å². The minimum Gasteiger partial charge on any atom is -0.325 e. The van der Waals surface area contributed by atoms with Gasteiger partial charge in [0, 0.05) is 11.7 Å². The largest absolute Gasteiger partial charge is 0.325 e. The lowest BCUT2D eigenvalue weighted by molar-refractivity contribution is -0.113. The summed E-state index contributed by atoms with van der Waals surface area (Å²) < 4.78 is 1.83. The third kappa shape index (κ3) is 4.15. The lowest BCUT2D eigenvalue weighted by atomic mass is 10.1. The SMILES string of the molecule is Cc1cc(C)c(NC(=O)CSc2nc3ccccc3c(=O)n2C2CCCC2)c(C)c1. The zero-order chi connectivity index (χ0) is 21.3. The number of benzene rings is 2. The van der Waals surface area contributed by atoms with Crippen LogP contribution in [0.15, 0.2) is 46.3 Å². The van der Waals surface area contributed by atoms with Gasteiger partial charge in [0.2, 0.25) is 5.91 Å². The number of carbonyl (C=O) groups is 1. The molecule has 0 bridgehead atoms. The monoisotopic (exact) mass is 421 g/mol. The van der Waals surface area contributed by atoms with Crippen LogP contribution in [-0.2, 0) is 4.79 Å². The second-order valence-electron chi connectivity index (χ2n) is 8.14. The summed E-state index contributed by atoms with van der Waals surface area (Å²) in [5.41, 5.74) is 4.84. The van der Waals surface area contributed by atoms with Gasteiger partial charge in [-0.2, -0.15) is 0 Å². The zero-order valence-corrected chi connectivity index (χ0v) is 18.5. The Balaban J connectivity index is 1.60. The fourth-order valence-corrected chi connectivity index (χ4v) is 5.26. The Labute approximate surface area is 180 Å². The molecule has 1 aromatic heterocycles. The fourth-order valence-electron chi connectivity index (χ4n) is 4.39. The van der Waals surface area contributed by atoms with E-state index in [0.717, 1.165) is 42.5 Å². The molecule has 1 saturated carbocycles.